The van der Waals surface area contributed by atoms with Gasteiger partial charge < -0.3 is 9.73 Å². The summed E-state index contributed by atoms with van der Waals surface area (Å²) in [6.07, 6.45) is 0. The van der Waals surface area contributed by atoms with Gasteiger partial charge in [0.1, 0.15) is 5.82 Å². The van der Waals surface area contributed by atoms with E-state index in [9.17, 15) is 13.2 Å². The van der Waals surface area contributed by atoms with Crippen molar-refractivity contribution >= 4 is 33.3 Å². The summed E-state index contributed by atoms with van der Waals surface area (Å²) < 4.78 is 34.0. The summed E-state index contributed by atoms with van der Waals surface area (Å²) in [6, 6.07) is 11.2. The molecule has 3 aromatic rings. The van der Waals surface area contributed by atoms with E-state index in [2.05, 4.69) is 15.1 Å². The number of aryl methyl sites for hydroxylation is 1. The number of nitrogens with one attached hydrogen (secondary N) is 2. The van der Waals surface area contributed by atoms with Crippen molar-refractivity contribution in [2.45, 2.75) is 38.3 Å². The van der Waals surface area contributed by atoms with Gasteiger partial charge in [0.2, 0.25) is 5.09 Å². The maximum Gasteiger partial charge on any atom is 0.292 e. The fourth-order valence-electron chi connectivity index (χ4n) is 2.61. The van der Waals surface area contributed by atoms with Crippen molar-refractivity contribution in [2.24, 2.45) is 0 Å². The summed E-state index contributed by atoms with van der Waals surface area (Å²) in [7, 11) is -3.88. The van der Waals surface area contributed by atoms with Crippen LogP contribution in [0, 0.1) is 6.92 Å². The van der Waals surface area contributed by atoms with E-state index < -0.39 is 21.5 Å². The second kappa shape index (κ2) is 7.66. The normalized spacial score (nSPS) is 12.2. The van der Waals surface area contributed by atoms with Crippen molar-refractivity contribution in [3.05, 3.63) is 58.9 Å². The highest BCUT2D eigenvalue weighted by atomic mass is 35.5. The number of halogens is 1. The molecule has 0 spiro atoms. The molecule has 3 rings (SSSR count). The highest BCUT2D eigenvalue weighted by Crippen LogP contribution is 2.22. The van der Waals surface area contributed by atoms with Gasteiger partial charge in [-0.15, -0.1) is 0 Å². The molecule has 1 aromatic carbocycles. The van der Waals surface area contributed by atoms with Gasteiger partial charge in [0.05, 0.1) is 11.4 Å². The van der Waals surface area contributed by atoms with Crippen LogP contribution in [0.1, 0.15) is 37.0 Å². The topological polar surface area (TPSA) is 106 Å². The van der Waals surface area contributed by atoms with Crippen molar-refractivity contribution in [2.75, 3.05) is 5.32 Å². The number of rotatable bonds is 5. The van der Waals surface area contributed by atoms with Crippen LogP contribution in [0.15, 0.2) is 52.0 Å². The van der Waals surface area contributed by atoms with Gasteiger partial charge in [0.25, 0.3) is 15.9 Å². The quantitative estimate of drug-likeness (QED) is 0.633. The van der Waals surface area contributed by atoms with Crippen LogP contribution in [0.3, 0.4) is 0 Å². The molecule has 0 aliphatic carbocycles. The summed E-state index contributed by atoms with van der Waals surface area (Å²) >= 11 is 6.04. The van der Waals surface area contributed by atoms with Crippen molar-refractivity contribution in [3.8, 4) is 5.69 Å². The van der Waals surface area contributed by atoms with Crippen LogP contribution in [0.4, 0.5) is 5.82 Å². The molecule has 10 heteroatoms. The lowest BCUT2D eigenvalue weighted by molar-refractivity contribution is 0.0991. The molecule has 0 saturated heterocycles. The third-order valence-electron chi connectivity index (χ3n) is 3.64. The van der Waals surface area contributed by atoms with Crippen LogP contribution in [0.5, 0.6) is 0 Å². The fourth-order valence-corrected chi connectivity index (χ4v) is 4.15. The number of amides is 1. The zero-order valence-corrected chi connectivity index (χ0v) is 17.9. The average molecular weight is 437 g/mol. The lowest BCUT2D eigenvalue weighted by atomic mass is 10.1. The summed E-state index contributed by atoms with van der Waals surface area (Å²) in [5.41, 5.74) is 0.657. The van der Waals surface area contributed by atoms with E-state index in [-0.39, 0.29) is 10.9 Å². The molecule has 0 saturated carbocycles. The number of carbonyl (C=O) groups is 1. The molecule has 8 nitrogen and oxygen atoms in total. The number of benzene rings is 1. The zero-order chi connectivity index (χ0) is 21.4. The number of anilines is 1. The summed E-state index contributed by atoms with van der Waals surface area (Å²) in [4.78, 5) is 12.6. The molecule has 0 aliphatic rings. The van der Waals surface area contributed by atoms with Crippen LogP contribution >= 0.6 is 11.6 Å². The first kappa shape index (κ1) is 21.1. The maximum atomic E-state index is 12.6. The Labute approximate surface area is 173 Å². The second-order valence-corrected chi connectivity index (χ2v) is 9.54. The first-order valence-electron chi connectivity index (χ1n) is 8.72. The van der Waals surface area contributed by atoms with E-state index in [4.69, 9.17) is 16.0 Å². The molecule has 154 valence electrons. The van der Waals surface area contributed by atoms with Gasteiger partial charge in [-0.1, -0.05) is 17.7 Å². The van der Waals surface area contributed by atoms with Crippen LogP contribution in [0.25, 0.3) is 5.69 Å². The molecule has 0 aliphatic heterocycles. The smallest absolute Gasteiger partial charge is 0.292 e. The zero-order valence-electron chi connectivity index (χ0n) is 16.4. The monoisotopic (exact) mass is 436 g/mol. The van der Waals surface area contributed by atoms with Crippen molar-refractivity contribution in [1.82, 2.24) is 14.5 Å². The predicted molar refractivity (Wildman–Crippen MR) is 110 cm³/mol. The molecular formula is C19H21ClN4O4S. The minimum atomic E-state index is -3.88. The molecule has 1 amide bonds. The lowest BCUT2D eigenvalue weighted by Crippen LogP contribution is -2.40. The number of hydrogen-bond donors (Lipinski definition) is 2. The number of carbonyl (C=O) groups excluding carboxylic acids is 1. The van der Waals surface area contributed by atoms with E-state index in [0.717, 1.165) is 0 Å². The minimum Gasteiger partial charge on any atom is -0.438 e. The van der Waals surface area contributed by atoms with E-state index >= 15 is 0 Å². The third kappa shape index (κ3) is 5.06. The fraction of sp³-hybridized carbons (Fsp3) is 0.263. The van der Waals surface area contributed by atoms with Crippen molar-refractivity contribution in [3.63, 3.8) is 0 Å². The maximum absolute atomic E-state index is 12.6. The number of hydrogen-bond acceptors (Lipinski definition) is 5. The molecule has 2 N–H and O–H groups in total. The number of sulfonamides is 1. The van der Waals surface area contributed by atoms with Crippen LogP contribution in [0.2, 0.25) is 5.02 Å². The summed E-state index contributed by atoms with van der Waals surface area (Å²) in [6.45, 7) is 6.91. The summed E-state index contributed by atoms with van der Waals surface area (Å²) in [5.74, 6) is -0.357. The highest BCUT2D eigenvalue weighted by molar-refractivity contribution is 7.89. The molecular weight excluding hydrogens is 416 g/mol. The molecule has 0 unspecified atom stereocenters. The van der Waals surface area contributed by atoms with Crippen LogP contribution in [-0.4, -0.2) is 29.6 Å². The Balaban J connectivity index is 1.85. The van der Waals surface area contributed by atoms with E-state index in [1.165, 1.54) is 16.8 Å². The van der Waals surface area contributed by atoms with Gasteiger partial charge in [-0.05, 0) is 58.0 Å². The average Bonchev–Trinajstić information content (AvgIpc) is 3.20. The molecule has 29 heavy (non-hydrogen) atoms. The second-order valence-electron chi connectivity index (χ2n) is 7.49. The van der Waals surface area contributed by atoms with Gasteiger partial charge in [-0.3, -0.25) is 4.79 Å². The van der Waals surface area contributed by atoms with Gasteiger partial charge in [-0.25, -0.2) is 17.8 Å². The first-order valence-corrected chi connectivity index (χ1v) is 10.6. The summed E-state index contributed by atoms with van der Waals surface area (Å²) in [5, 5.41) is 7.24. The number of aromatic nitrogens is 2. The molecule has 2 aromatic heterocycles. The Hall–Kier alpha value is -2.62. The van der Waals surface area contributed by atoms with Gasteiger partial charge in [-0.2, -0.15) is 5.10 Å². The van der Waals surface area contributed by atoms with Crippen LogP contribution in [-0.2, 0) is 10.0 Å². The Morgan fingerprint density at radius 1 is 1.17 bits per heavy atom. The van der Waals surface area contributed by atoms with Gasteiger partial charge in [0, 0.05) is 16.6 Å². The Morgan fingerprint density at radius 3 is 2.55 bits per heavy atom. The first-order chi connectivity index (χ1) is 13.4. The largest absolute Gasteiger partial charge is 0.438 e. The molecule has 0 atom stereocenters. The Kier molecular flexibility index (Phi) is 5.57. The molecule has 2 heterocycles. The van der Waals surface area contributed by atoms with E-state index in [1.54, 1.807) is 58.0 Å². The minimum absolute atomic E-state index is 0.143. The van der Waals surface area contributed by atoms with Gasteiger partial charge in [0.15, 0.2) is 5.76 Å². The number of furan rings is 1. The van der Waals surface area contributed by atoms with E-state index in [1.807, 2.05) is 0 Å². The number of nitrogens with zero attached hydrogens (tertiary/aromatic N) is 2. The van der Waals surface area contributed by atoms with Crippen LogP contribution < -0.4 is 10.0 Å². The van der Waals surface area contributed by atoms with Gasteiger partial charge >= 0.3 is 0 Å². The highest BCUT2D eigenvalue weighted by Gasteiger charge is 2.26. The Morgan fingerprint density at radius 2 is 1.90 bits per heavy atom. The van der Waals surface area contributed by atoms with E-state index in [0.29, 0.717) is 22.2 Å². The van der Waals surface area contributed by atoms with Crippen molar-refractivity contribution < 1.29 is 17.6 Å². The van der Waals surface area contributed by atoms with Crippen molar-refractivity contribution in [1.29, 1.82) is 0 Å². The third-order valence-corrected chi connectivity index (χ3v) is 5.50. The predicted octanol–water partition coefficient (Wildman–Crippen LogP) is 3.76. The Bertz CT molecular complexity index is 1160. The molecule has 0 radical (unpaired) electrons. The standard InChI is InChI=1S/C19H21ClN4O4S/c1-12-10-16(24(22-12)14-7-5-6-13(20)11-14)21-18(25)15-8-9-17(28-15)29(26,27)23-19(2,3)4/h5-11,23H,1-4H3,(H,21,25). The molecule has 0 fully saturated rings. The SMILES string of the molecule is Cc1cc(NC(=O)c2ccc(S(=O)(=O)NC(C)(C)C)o2)n(-c2cccc(Cl)c2)n1. The molecule has 0 bridgehead atoms. The lowest BCUT2D eigenvalue weighted by Gasteiger charge is -2.18.